The van der Waals surface area contributed by atoms with Gasteiger partial charge in [-0.2, -0.15) is 9.97 Å². The number of anilines is 3. The second kappa shape index (κ2) is 9.16. The first-order valence-corrected chi connectivity index (χ1v) is 10.9. The molecule has 1 N–H and O–H groups in total. The number of hydrogen-bond donors (Lipinski definition) is 1. The topological polar surface area (TPSA) is 66.0 Å². The molecule has 0 saturated carbocycles. The number of benzene rings is 1. The Kier molecular flexibility index (Phi) is 5.96. The lowest BCUT2D eigenvalue weighted by Crippen LogP contribution is -2.46. The molecule has 1 unspecified atom stereocenters. The maximum atomic E-state index is 5.55. The molecule has 1 aromatic carbocycles. The molecule has 0 spiro atoms. The molecule has 8 nitrogen and oxygen atoms in total. The van der Waals surface area contributed by atoms with E-state index in [0.717, 1.165) is 89.8 Å². The second-order valence-electron chi connectivity index (χ2n) is 7.95. The van der Waals surface area contributed by atoms with Crippen LogP contribution >= 0.6 is 0 Å². The molecule has 4 heterocycles. The van der Waals surface area contributed by atoms with Crippen molar-refractivity contribution in [3.8, 4) is 0 Å². The molecule has 3 aliphatic rings. The van der Waals surface area contributed by atoms with E-state index in [2.05, 4.69) is 56.4 Å². The lowest BCUT2D eigenvalue weighted by molar-refractivity contribution is 0.121. The lowest BCUT2D eigenvalue weighted by atomic mass is 10.0. The van der Waals surface area contributed by atoms with E-state index in [0.29, 0.717) is 6.04 Å². The summed E-state index contributed by atoms with van der Waals surface area (Å²) in [6, 6.07) is 13.1. The largest absolute Gasteiger partial charge is 0.378 e. The van der Waals surface area contributed by atoms with Crippen LogP contribution in [0.25, 0.3) is 0 Å². The van der Waals surface area contributed by atoms with Crippen LogP contribution in [0, 0.1) is 0 Å². The maximum absolute atomic E-state index is 5.55. The van der Waals surface area contributed by atoms with Crippen molar-refractivity contribution in [2.45, 2.75) is 6.04 Å². The molecule has 1 aromatic heterocycles. The van der Waals surface area contributed by atoms with Crippen LogP contribution < -0.4 is 20.0 Å². The molecule has 8 heteroatoms. The summed E-state index contributed by atoms with van der Waals surface area (Å²) < 4.78 is 11.1. The Labute approximate surface area is 177 Å². The van der Waals surface area contributed by atoms with Gasteiger partial charge in [-0.1, -0.05) is 30.3 Å². The zero-order valence-corrected chi connectivity index (χ0v) is 17.4. The van der Waals surface area contributed by atoms with Gasteiger partial charge in [-0.25, -0.2) is 0 Å². The van der Waals surface area contributed by atoms with Crippen LogP contribution in [0.15, 0.2) is 36.4 Å². The number of nitrogens with one attached hydrogen (secondary N) is 1. The molecule has 0 amide bonds. The van der Waals surface area contributed by atoms with Crippen molar-refractivity contribution in [1.82, 2.24) is 15.3 Å². The van der Waals surface area contributed by atoms with Gasteiger partial charge in [-0.05, 0) is 5.56 Å². The van der Waals surface area contributed by atoms with Crippen molar-refractivity contribution in [3.63, 3.8) is 0 Å². The van der Waals surface area contributed by atoms with Crippen LogP contribution in [0.2, 0.25) is 0 Å². The molecule has 3 aliphatic heterocycles. The molecule has 3 saturated heterocycles. The minimum absolute atomic E-state index is 0.300. The van der Waals surface area contributed by atoms with Crippen molar-refractivity contribution in [3.05, 3.63) is 42.0 Å². The van der Waals surface area contributed by atoms with E-state index in [9.17, 15) is 0 Å². The van der Waals surface area contributed by atoms with Gasteiger partial charge in [-0.3, -0.25) is 0 Å². The van der Waals surface area contributed by atoms with Gasteiger partial charge in [0.1, 0.15) is 11.6 Å². The highest BCUT2D eigenvalue weighted by atomic mass is 16.5. The van der Waals surface area contributed by atoms with Crippen molar-refractivity contribution in [2.75, 3.05) is 86.9 Å². The quantitative estimate of drug-likeness (QED) is 0.809. The standard InChI is InChI=1S/C22H30N6O2/c1-2-4-18(5-3-1)19-17-28(7-6-23-19)21-16-20(26-8-12-29-13-9-26)24-22(25-21)27-10-14-30-15-11-27/h1-5,16,19,23H,6-15,17H2. The molecule has 1 atom stereocenters. The van der Waals surface area contributed by atoms with Crippen molar-refractivity contribution in [2.24, 2.45) is 0 Å². The van der Waals surface area contributed by atoms with E-state index >= 15 is 0 Å². The van der Waals surface area contributed by atoms with Gasteiger partial charge in [0.2, 0.25) is 5.95 Å². The third kappa shape index (κ3) is 4.35. The Morgan fingerprint density at radius 2 is 1.40 bits per heavy atom. The van der Waals surface area contributed by atoms with E-state index in [1.807, 2.05) is 0 Å². The highest BCUT2D eigenvalue weighted by molar-refractivity contribution is 5.56. The van der Waals surface area contributed by atoms with E-state index in [4.69, 9.17) is 19.4 Å². The first kappa shape index (κ1) is 19.5. The highest BCUT2D eigenvalue weighted by Gasteiger charge is 2.25. The third-order valence-electron chi connectivity index (χ3n) is 6.02. The van der Waals surface area contributed by atoms with Gasteiger partial charge in [0.05, 0.1) is 26.4 Å². The SMILES string of the molecule is c1ccc(C2CN(c3cc(N4CCOCC4)nc(N4CCOCC4)n3)CCN2)cc1. The minimum atomic E-state index is 0.300. The smallest absolute Gasteiger partial charge is 0.229 e. The van der Waals surface area contributed by atoms with Crippen molar-refractivity contribution >= 4 is 17.6 Å². The van der Waals surface area contributed by atoms with Crippen LogP contribution in [-0.4, -0.2) is 82.2 Å². The Morgan fingerprint density at radius 3 is 2.10 bits per heavy atom. The van der Waals surface area contributed by atoms with E-state index < -0.39 is 0 Å². The number of aromatic nitrogens is 2. The maximum Gasteiger partial charge on any atom is 0.229 e. The van der Waals surface area contributed by atoms with E-state index in [-0.39, 0.29) is 0 Å². The molecule has 2 aromatic rings. The van der Waals surface area contributed by atoms with E-state index in [1.165, 1.54) is 5.56 Å². The zero-order chi connectivity index (χ0) is 20.2. The van der Waals surface area contributed by atoms with Gasteiger partial charge >= 0.3 is 0 Å². The van der Waals surface area contributed by atoms with Crippen LogP contribution in [0.1, 0.15) is 11.6 Å². The zero-order valence-electron chi connectivity index (χ0n) is 17.4. The lowest BCUT2D eigenvalue weighted by Gasteiger charge is -2.36. The van der Waals surface area contributed by atoms with Crippen LogP contribution in [0.4, 0.5) is 17.6 Å². The first-order valence-electron chi connectivity index (χ1n) is 10.9. The van der Waals surface area contributed by atoms with Gasteiger partial charge in [0, 0.05) is 57.9 Å². The van der Waals surface area contributed by atoms with Gasteiger partial charge in [-0.15, -0.1) is 0 Å². The number of morpholine rings is 2. The number of rotatable bonds is 4. The van der Waals surface area contributed by atoms with Gasteiger partial charge in [0.15, 0.2) is 0 Å². The Hall–Kier alpha value is -2.42. The summed E-state index contributed by atoms with van der Waals surface area (Å²) in [7, 11) is 0. The van der Waals surface area contributed by atoms with Crippen molar-refractivity contribution in [1.29, 1.82) is 0 Å². The highest BCUT2D eigenvalue weighted by Crippen LogP contribution is 2.27. The summed E-state index contributed by atoms with van der Waals surface area (Å²) in [6.45, 7) is 9.11. The van der Waals surface area contributed by atoms with Gasteiger partial charge in [0.25, 0.3) is 0 Å². The third-order valence-corrected chi connectivity index (χ3v) is 6.02. The predicted molar refractivity (Wildman–Crippen MR) is 117 cm³/mol. The Balaban J connectivity index is 1.43. The first-order chi connectivity index (χ1) is 14.9. The van der Waals surface area contributed by atoms with Crippen LogP contribution in [0.3, 0.4) is 0 Å². The molecular weight excluding hydrogens is 380 g/mol. The van der Waals surface area contributed by atoms with E-state index in [1.54, 1.807) is 0 Å². The number of hydrogen-bond acceptors (Lipinski definition) is 8. The minimum Gasteiger partial charge on any atom is -0.378 e. The fourth-order valence-corrected chi connectivity index (χ4v) is 4.30. The fourth-order valence-electron chi connectivity index (χ4n) is 4.30. The summed E-state index contributed by atoms with van der Waals surface area (Å²) in [5, 5.41) is 3.65. The average Bonchev–Trinajstić information content (AvgIpc) is 2.85. The molecule has 5 rings (SSSR count). The monoisotopic (exact) mass is 410 g/mol. The summed E-state index contributed by atoms with van der Waals surface area (Å²) in [6.07, 6.45) is 0. The molecule has 160 valence electrons. The van der Waals surface area contributed by atoms with Gasteiger partial charge < -0.3 is 29.5 Å². The number of nitrogens with zero attached hydrogens (tertiary/aromatic N) is 5. The Bertz CT molecular complexity index is 787. The summed E-state index contributed by atoms with van der Waals surface area (Å²) >= 11 is 0. The molecule has 0 radical (unpaired) electrons. The molecule has 0 aliphatic carbocycles. The number of ether oxygens (including phenoxy) is 2. The van der Waals surface area contributed by atoms with Crippen molar-refractivity contribution < 1.29 is 9.47 Å². The summed E-state index contributed by atoms with van der Waals surface area (Å²) in [4.78, 5) is 16.9. The predicted octanol–water partition coefficient (Wildman–Crippen LogP) is 1.30. The normalized spacial score (nSPS) is 22.9. The fraction of sp³-hybridized carbons (Fsp3) is 0.545. The summed E-state index contributed by atoms with van der Waals surface area (Å²) in [5.41, 5.74) is 1.32. The molecule has 3 fully saturated rings. The second-order valence-corrected chi connectivity index (χ2v) is 7.95. The molecule has 0 bridgehead atoms. The summed E-state index contributed by atoms with van der Waals surface area (Å²) in [5.74, 6) is 2.82. The van der Waals surface area contributed by atoms with Crippen LogP contribution in [-0.2, 0) is 9.47 Å². The number of piperazine rings is 1. The molecule has 30 heavy (non-hydrogen) atoms. The van der Waals surface area contributed by atoms with Crippen LogP contribution in [0.5, 0.6) is 0 Å². The Morgan fingerprint density at radius 1 is 0.767 bits per heavy atom. The average molecular weight is 411 g/mol. The molecular formula is C22H30N6O2.